The maximum Gasteiger partial charge on any atom is 0.413 e. The molecule has 1 saturated heterocycles. The van der Waals surface area contributed by atoms with Crippen LogP contribution in [0.2, 0.25) is 0 Å². The lowest BCUT2D eigenvalue weighted by Crippen LogP contribution is -2.71. The molecular formula is C60H60N8O9S4. The predicted octanol–water partition coefficient (Wildman–Crippen LogP) is 11.3. The molecule has 0 bridgehead atoms. The van der Waals surface area contributed by atoms with Crippen LogP contribution < -0.4 is 10.6 Å². The highest BCUT2D eigenvalue weighted by atomic mass is 32.2. The fourth-order valence-electron chi connectivity index (χ4n) is 8.96. The van der Waals surface area contributed by atoms with Gasteiger partial charge in [0, 0.05) is 16.0 Å². The SMILES string of the molecule is CC(C)(C)OC(=O)Nc1nc(/C(=N/OC(C)(C)C(=O)OC(C)(C)C)C(=O)NC2C(=O)N3C(C(=O)OC(c4ccccc4)c4ccccc4)=C(SC(Sc4cn[nH]n4)C(c4ccccc4)(c4ccccc4)c4ccccc4)CS[C@@H]23)cs1. The van der Waals surface area contributed by atoms with E-state index < -0.39 is 79.9 Å². The molecule has 2 unspecified atom stereocenters. The number of anilines is 1. The van der Waals surface area contributed by atoms with Gasteiger partial charge in [0.2, 0.25) is 5.60 Å². The topological polar surface area (TPSA) is 216 Å². The number of esters is 2. The Bertz CT molecular complexity index is 3270. The molecule has 3 N–H and O–H groups in total. The number of hydrogen-bond acceptors (Lipinski definition) is 17. The van der Waals surface area contributed by atoms with Crippen LogP contribution in [0, 0.1) is 0 Å². The van der Waals surface area contributed by atoms with E-state index in [9.17, 15) is 14.4 Å². The third-order valence-electron chi connectivity index (χ3n) is 12.6. The number of β-lactam (4-membered cyclic amide) rings is 1. The minimum absolute atomic E-state index is 0.0126. The second-order valence-electron chi connectivity index (χ2n) is 21.2. The zero-order valence-corrected chi connectivity index (χ0v) is 48.9. The molecule has 0 aliphatic carbocycles. The first-order chi connectivity index (χ1) is 38.7. The van der Waals surface area contributed by atoms with Crippen molar-refractivity contribution in [3.63, 3.8) is 0 Å². The predicted molar refractivity (Wildman–Crippen MR) is 315 cm³/mol. The van der Waals surface area contributed by atoms with Crippen molar-refractivity contribution in [3.8, 4) is 0 Å². The lowest BCUT2D eigenvalue weighted by Gasteiger charge is -2.50. The summed E-state index contributed by atoms with van der Waals surface area (Å²) in [6, 6.07) is 48.0. The number of thioether (sulfide) groups is 3. The van der Waals surface area contributed by atoms with Gasteiger partial charge in [0.25, 0.3) is 11.8 Å². The van der Waals surface area contributed by atoms with Gasteiger partial charge in [0.15, 0.2) is 16.9 Å². The number of oxime groups is 1. The molecule has 418 valence electrons. The second-order valence-corrected chi connectivity index (χ2v) is 25.8. The number of H-pyrrole nitrogens is 1. The summed E-state index contributed by atoms with van der Waals surface area (Å²) in [4.78, 5) is 83.8. The lowest BCUT2D eigenvalue weighted by molar-refractivity contribution is -0.179. The van der Waals surface area contributed by atoms with Crippen molar-refractivity contribution in [1.82, 2.24) is 30.6 Å². The van der Waals surface area contributed by atoms with E-state index in [-0.39, 0.29) is 22.3 Å². The fraction of sp³-hybridized carbons (Fsp3) is 0.283. The quantitative estimate of drug-likeness (QED) is 0.0100. The van der Waals surface area contributed by atoms with Crippen LogP contribution in [0.3, 0.4) is 0 Å². The highest BCUT2D eigenvalue weighted by Crippen LogP contribution is 2.56. The molecule has 1 fully saturated rings. The highest BCUT2D eigenvalue weighted by Gasteiger charge is 2.56. The van der Waals surface area contributed by atoms with Gasteiger partial charge in [-0.2, -0.15) is 10.3 Å². The average Bonchev–Trinajstić information content (AvgIpc) is 4.20. The third-order valence-corrected chi connectivity index (χ3v) is 17.6. The molecule has 21 heteroatoms. The highest BCUT2D eigenvalue weighted by molar-refractivity contribution is 8.19. The summed E-state index contributed by atoms with van der Waals surface area (Å²) >= 11 is 5.23. The Morgan fingerprint density at radius 3 is 1.77 bits per heavy atom. The molecule has 3 atom stereocenters. The van der Waals surface area contributed by atoms with Crippen molar-refractivity contribution >= 4 is 87.3 Å². The van der Waals surface area contributed by atoms with E-state index in [0.717, 1.165) is 28.0 Å². The molecule has 0 saturated carbocycles. The van der Waals surface area contributed by atoms with Gasteiger partial charge in [-0.05, 0) is 83.2 Å². The van der Waals surface area contributed by atoms with Crippen LogP contribution in [-0.4, -0.2) is 99.4 Å². The van der Waals surface area contributed by atoms with E-state index in [0.29, 0.717) is 21.1 Å². The first kappa shape index (κ1) is 58.0. The molecule has 4 heterocycles. The molecule has 9 rings (SSSR count). The Morgan fingerprint density at radius 1 is 0.728 bits per heavy atom. The summed E-state index contributed by atoms with van der Waals surface area (Å²) in [5.74, 6) is -2.83. The van der Waals surface area contributed by atoms with Crippen molar-refractivity contribution in [2.45, 2.75) is 105 Å². The van der Waals surface area contributed by atoms with Crippen LogP contribution in [0.15, 0.2) is 184 Å². The zero-order valence-electron chi connectivity index (χ0n) is 45.6. The Labute approximate surface area is 486 Å². The lowest BCUT2D eigenvalue weighted by atomic mass is 9.70. The number of benzene rings is 5. The number of rotatable bonds is 19. The number of fused-ring (bicyclic) bond motifs is 1. The number of carbonyl (C=O) groups excluding carboxylic acids is 5. The number of ether oxygens (including phenoxy) is 3. The Balaban J connectivity index is 1.13. The van der Waals surface area contributed by atoms with Crippen LogP contribution >= 0.6 is 46.6 Å². The zero-order chi connectivity index (χ0) is 57.5. The molecular weight excluding hydrogens is 1100 g/mol. The minimum atomic E-state index is -1.71. The molecule has 3 amide bonds. The van der Waals surface area contributed by atoms with Gasteiger partial charge in [-0.25, -0.2) is 19.4 Å². The number of aromatic nitrogens is 4. The van der Waals surface area contributed by atoms with Crippen molar-refractivity contribution in [2.24, 2.45) is 5.16 Å². The van der Waals surface area contributed by atoms with Crippen molar-refractivity contribution in [2.75, 3.05) is 11.1 Å². The summed E-state index contributed by atoms with van der Waals surface area (Å²) in [6.07, 6.45) is -0.0100. The number of aromatic amines is 1. The van der Waals surface area contributed by atoms with Crippen molar-refractivity contribution in [3.05, 3.63) is 207 Å². The maximum atomic E-state index is 15.6. The smallest absolute Gasteiger partial charge is 0.413 e. The number of nitrogens with one attached hydrogen (secondary N) is 3. The summed E-state index contributed by atoms with van der Waals surface area (Å²) in [7, 11) is 0. The van der Waals surface area contributed by atoms with Gasteiger partial charge in [-0.3, -0.25) is 19.8 Å². The van der Waals surface area contributed by atoms with Gasteiger partial charge in [-0.1, -0.05) is 169 Å². The summed E-state index contributed by atoms with van der Waals surface area (Å²) in [5, 5.41) is 22.4. The first-order valence-corrected chi connectivity index (χ1v) is 29.5. The number of thiazole rings is 1. The van der Waals surface area contributed by atoms with Gasteiger partial charge in [-0.15, -0.1) is 40.0 Å². The maximum absolute atomic E-state index is 15.6. The molecule has 5 aromatic carbocycles. The van der Waals surface area contributed by atoms with E-state index in [2.05, 4.69) is 72.6 Å². The van der Waals surface area contributed by atoms with Gasteiger partial charge in [0.1, 0.15) is 39.0 Å². The van der Waals surface area contributed by atoms with E-state index in [1.165, 1.54) is 59.4 Å². The van der Waals surface area contributed by atoms with E-state index in [1.807, 2.05) is 115 Å². The van der Waals surface area contributed by atoms with Crippen LogP contribution in [0.1, 0.15) is 95.0 Å². The number of carbonyl (C=O) groups is 5. The normalized spacial score (nSPS) is 16.2. The Morgan fingerprint density at radius 2 is 1.26 bits per heavy atom. The number of nitrogens with zero attached hydrogens (tertiary/aromatic N) is 5. The Kier molecular flexibility index (Phi) is 17.6. The summed E-state index contributed by atoms with van der Waals surface area (Å²) in [5.41, 5.74) is -0.494. The van der Waals surface area contributed by atoms with E-state index in [4.69, 9.17) is 19.0 Å². The summed E-state index contributed by atoms with van der Waals surface area (Å²) < 4.78 is 17.1. The van der Waals surface area contributed by atoms with Crippen LogP contribution in [0.4, 0.5) is 9.93 Å². The van der Waals surface area contributed by atoms with Crippen molar-refractivity contribution < 1.29 is 43.0 Å². The van der Waals surface area contributed by atoms with Crippen molar-refractivity contribution in [1.29, 1.82) is 0 Å². The molecule has 2 aliphatic rings. The van der Waals surface area contributed by atoms with Crippen LogP contribution in [-0.2, 0) is 43.6 Å². The average molecular weight is 1170 g/mol. The molecule has 2 aliphatic heterocycles. The first-order valence-electron chi connectivity index (χ1n) is 25.8. The van der Waals surface area contributed by atoms with E-state index >= 15 is 9.59 Å². The largest absolute Gasteiger partial charge is 0.457 e. The Hall–Kier alpha value is -7.72. The number of amides is 3. The van der Waals surface area contributed by atoms with Crippen LogP contribution in [0.25, 0.3) is 0 Å². The van der Waals surface area contributed by atoms with Crippen LogP contribution in [0.5, 0.6) is 0 Å². The minimum Gasteiger partial charge on any atom is -0.457 e. The number of hydrogen-bond donors (Lipinski definition) is 3. The monoisotopic (exact) mass is 1160 g/mol. The standard InChI is InChI=1S/C60H60N8O9S4/c1-57(2,3)75-53(72)59(7,8)77-66-45(42-35-79-55(62-42)64-56(73)76-58(4,5)6)49(69)63-46-50(70)68-47(52(71)74-48(37-24-14-9-15-25-37)38-26-16-10-17-27-38)43(36-78-51(46)68)80-54(81-44-34-61-67-65-44)60(39-28-18-11-19-29-39,40-30-20-12-21-31-40)41-32-22-13-23-33-41/h9-35,46,48,51,54H,36H2,1-8H3,(H,63,69)(H,61,65,67)(H,62,64,73)/b66-45-/t46?,51-,54?/m0/s1. The molecule has 0 radical (unpaired) electrons. The van der Waals surface area contributed by atoms with Gasteiger partial charge in [0.05, 0.1) is 16.2 Å². The molecule has 0 spiro atoms. The molecule has 81 heavy (non-hydrogen) atoms. The van der Waals surface area contributed by atoms with E-state index in [1.54, 1.807) is 47.7 Å². The third kappa shape index (κ3) is 13.4. The summed E-state index contributed by atoms with van der Waals surface area (Å²) in [6.45, 7) is 13.1. The molecule has 7 aromatic rings. The molecule has 17 nitrogen and oxygen atoms in total. The van der Waals surface area contributed by atoms with Gasteiger partial charge < -0.3 is 24.4 Å². The molecule has 2 aromatic heterocycles. The second kappa shape index (κ2) is 24.6. The fourth-order valence-corrected chi connectivity index (χ4v) is 14.3. The van der Waals surface area contributed by atoms with Gasteiger partial charge >= 0.3 is 18.0 Å².